The maximum absolute atomic E-state index is 5.97. The van der Waals surface area contributed by atoms with Crippen LogP contribution in [0.2, 0.25) is 5.02 Å². The van der Waals surface area contributed by atoms with Gasteiger partial charge in [-0.05, 0) is 37.7 Å². The van der Waals surface area contributed by atoms with Gasteiger partial charge in [-0.15, -0.1) is 0 Å². The van der Waals surface area contributed by atoms with E-state index in [1.165, 1.54) is 0 Å². The van der Waals surface area contributed by atoms with Crippen molar-refractivity contribution < 1.29 is 4.52 Å². The lowest BCUT2D eigenvalue weighted by Gasteiger charge is -1.98. The number of hydrogen-bond acceptors (Lipinski definition) is 4. The number of benzene rings is 1. The zero-order valence-electron chi connectivity index (χ0n) is 9.12. The Morgan fingerprint density at radius 1 is 1.38 bits per heavy atom. The van der Waals surface area contributed by atoms with E-state index in [0.717, 1.165) is 11.1 Å². The summed E-state index contributed by atoms with van der Waals surface area (Å²) in [4.78, 5) is 4.25. The van der Waals surface area contributed by atoms with Crippen LogP contribution >= 0.6 is 11.6 Å². The van der Waals surface area contributed by atoms with Crippen molar-refractivity contribution in [2.75, 3.05) is 7.05 Å². The predicted octanol–water partition coefficient (Wildman–Crippen LogP) is 2.42. The zero-order chi connectivity index (χ0) is 11.5. The molecule has 0 radical (unpaired) electrons. The first-order chi connectivity index (χ1) is 7.69. The molecule has 0 aliphatic carbocycles. The normalized spacial score (nSPS) is 10.7. The molecule has 0 saturated heterocycles. The molecule has 5 heteroatoms. The van der Waals surface area contributed by atoms with E-state index >= 15 is 0 Å². The van der Waals surface area contributed by atoms with Gasteiger partial charge in [0, 0.05) is 10.6 Å². The van der Waals surface area contributed by atoms with Crippen molar-refractivity contribution in [1.82, 2.24) is 15.5 Å². The van der Waals surface area contributed by atoms with E-state index in [0.29, 0.717) is 23.3 Å². The second-order valence-electron chi connectivity index (χ2n) is 3.56. The molecule has 1 N–H and O–H groups in total. The Morgan fingerprint density at radius 3 is 2.88 bits per heavy atom. The van der Waals surface area contributed by atoms with Crippen LogP contribution in [-0.4, -0.2) is 17.2 Å². The Kier molecular flexibility index (Phi) is 3.22. The number of nitrogens with zero attached hydrogens (tertiary/aromatic N) is 2. The van der Waals surface area contributed by atoms with Crippen LogP contribution in [0.5, 0.6) is 0 Å². The molecule has 0 aliphatic heterocycles. The molecular weight excluding hydrogens is 226 g/mol. The molecule has 1 aromatic carbocycles. The lowest BCUT2D eigenvalue weighted by atomic mass is 10.1. The van der Waals surface area contributed by atoms with Crippen LogP contribution in [0.3, 0.4) is 0 Å². The van der Waals surface area contributed by atoms with Gasteiger partial charge in [0.1, 0.15) is 0 Å². The van der Waals surface area contributed by atoms with Crippen molar-refractivity contribution >= 4 is 11.6 Å². The Balaban J connectivity index is 2.34. The molecular formula is C11H12ClN3O. The zero-order valence-corrected chi connectivity index (χ0v) is 9.88. The molecule has 2 rings (SSSR count). The molecule has 0 spiro atoms. The average molecular weight is 238 g/mol. The number of aryl methyl sites for hydroxylation is 1. The molecule has 84 valence electrons. The summed E-state index contributed by atoms with van der Waals surface area (Å²) in [6, 6.07) is 5.66. The number of hydrogen-bond donors (Lipinski definition) is 1. The molecule has 0 aliphatic rings. The summed E-state index contributed by atoms with van der Waals surface area (Å²) >= 11 is 5.97. The van der Waals surface area contributed by atoms with E-state index in [9.17, 15) is 0 Å². The van der Waals surface area contributed by atoms with Gasteiger partial charge in [0.2, 0.25) is 0 Å². The first kappa shape index (κ1) is 11.1. The van der Waals surface area contributed by atoms with E-state index < -0.39 is 0 Å². The largest absolute Gasteiger partial charge is 0.334 e. The van der Waals surface area contributed by atoms with Crippen LogP contribution in [-0.2, 0) is 6.54 Å². The van der Waals surface area contributed by atoms with Crippen LogP contribution in [0.15, 0.2) is 22.7 Å². The standard InChI is InChI=1S/C11H12ClN3O/c1-7-3-8(5-9(12)4-7)11-14-10(6-13-2)15-16-11/h3-5,13H,6H2,1-2H3. The summed E-state index contributed by atoms with van der Waals surface area (Å²) in [7, 11) is 1.83. The smallest absolute Gasteiger partial charge is 0.258 e. The summed E-state index contributed by atoms with van der Waals surface area (Å²) in [6.45, 7) is 2.56. The van der Waals surface area contributed by atoms with E-state index in [1.54, 1.807) is 0 Å². The van der Waals surface area contributed by atoms with Gasteiger partial charge in [-0.2, -0.15) is 4.98 Å². The molecule has 0 fully saturated rings. The van der Waals surface area contributed by atoms with E-state index in [-0.39, 0.29) is 0 Å². The fourth-order valence-electron chi connectivity index (χ4n) is 1.46. The van der Waals surface area contributed by atoms with Crippen molar-refractivity contribution in [3.05, 3.63) is 34.6 Å². The molecule has 4 nitrogen and oxygen atoms in total. The summed E-state index contributed by atoms with van der Waals surface area (Å²) in [5.74, 6) is 1.13. The lowest BCUT2D eigenvalue weighted by Crippen LogP contribution is -2.06. The third kappa shape index (κ3) is 2.40. The molecule has 2 aromatic rings. The minimum absolute atomic E-state index is 0.496. The Morgan fingerprint density at radius 2 is 2.19 bits per heavy atom. The number of rotatable bonds is 3. The average Bonchev–Trinajstić information content (AvgIpc) is 2.65. The first-order valence-electron chi connectivity index (χ1n) is 4.94. The summed E-state index contributed by atoms with van der Waals surface area (Å²) in [6.07, 6.45) is 0. The minimum Gasteiger partial charge on any atom is -0.334 e. The Labute approximate surface area is 98.6 Å². The van der Waals surface area contributed by atoms with Crippen molar-refractivity contribution in [3.63, 3.8) is 0 Å². The van der Waals surface area contributed by atoms with Gasteiger partial charge in [0.05, 0.1) is 6.54 Å². The van der Waals surface area contributed by atoms with E-state index in [4.69, 9.17) is 16.1 Å². The SMILES string of the molecule is CNCc1noc(-c2cc(C)cc(Cl)c2)n1. The van der Waals surface area contributed by atoms with Gasteiger partial charge < -0.3 is 9.84 Å². The number of aromatic nitrogens is 2. The van der Waals surface area contributed by atoms with Crippen LogP contribution in [0.1, 0.15) is 11.4 Å². The summed E-state index contributed by atoms with van der Waals surface area (Å²) in [5, 5.41) is 7.48. The van der Waals surface area contributed by atoms with Gasteiger partial charge in [-0.3, -0.25) is 0 Å². The topological polar surface area (TPSA) is 51.0 Å². The molecule has 1 aromatic heterocycles. The van der Waals surface area contributed by atoms with Crippen LogP contribution < -0.4 is 5.32 Å². The first-order valence-corrected chi connectivity index (χ1v) is 5.31. The molecule has 0 amide bonds. The monoisotopic (exact) mass is 237 g/mol. The fraction of sp³-hybridized carbons (Fsp3) is 0.273. The molecule has 0 saturated carbocycles. The van der Waals surface area contributed by atoms with E-state index in [2.05, 4.69) is 15.5 Å². The maximum Gasteiger partial charge on any atom is 0.258 e. The van der Waals surface area contributed by atoms with Crippen LogP contribution in [0.4, 0.5) is 0 Å². The molecule has 0 bridgehead atoms. The Bertz CT molecular complexity index is 475. The van der Waals surface area contributed by atoms with Crippen molar-refractivity contribution in [2.24, 2.45) is 0 Å². The van der Waals surface area contributed by atoms with Crippen molar-refractivity contribution in [1.29, 1.82) is 0 Å². The van der Waals surface area contributed by atoms with Gasteiger partial charge in [-0.25, -0.2) is 0 Å². The third-order valence-corrected chi connectivity index (χ3v) is 2.31. The Hall–Kier alpha value is -1.39. The fourth-order valence-corrected chi connectivity index (χ4v) is 1.75. The lowest BCUT2D eigenvalue weighted by molar-refractivity contribution is 0.420. The summed E-state index contributed by atoms with van der Waals surface area (Å²) < 4.78 is 5.15. The highest BCUT2D eigenvalue weighted by molar-refractivity contribution is 6.30. The van der Waals surface area contributed by atoms with Gasteiger partial charge in [-0.1, -0.05) is 16.8 Å². The highest BCUT2D eigenvalue weighted by atomic mass is 35.5. The molecule has 0 unspecified atom stereocenters. The number of halogens is 1. The van der Waals surface area contributed by atoms with E-state index in [1.807, 2.05) is 32.2 Å². The minimum atomic E-state index is 0.496. The third-order valence-electron chi connectivity index (χ3n) is 2.09. The predicted molar refractivity (Wildman–Crippen MR) is 62.2 cm³/mol. The second-order valence-corrected chi connectivity index (χ2v) is 4.00. The summed E-state index contributed by atoms with van der Waals surface area (Å²) in [5.41, 5.74) is 1.91. The van der Waals surface area contributed by atoms with Gasteiger partial charge in [0.15, 0.2) is 5.82 Å². The quantitative estimate of drug-likeness (QED) is 0.891. The van der Waals surface area contributed by atoms with Crippen molar-refractivity contribution in [2.45, 2.75) is 13.5 Å². The number of nitrogens with one attached hydrogen (secondary N) is 1. The molecule has 1 heterocycles. The molecule has 16 heavy (non-hydrogen) atoms. The highest BCUT2D eigenvalue weighted by Gasteiger charge is 2.09. The van der Waals surface area contributed by atoms with Gasteiger partial charge in [0.25, 0.3) is 5.89 Å². The van der Waals surface area contributed by atoms with Crippen LogP contribution in [0.25, 0.3) is 11.5 Å². The van der Waals surface area contributed by atoms with Crippen LogP contribution in [0, 0.1) is 6.92 Å². The highest BCUT2D eigenvalue weighted by Crippen LogP contribution is 2.23. The second kappa shape index (κ2) is 4.63. The van der Waals surface area contributed by atoms with Crippen molar-refractivity contribution in [3.8, 4) is 11.5 Å². The van der Waals surface area contributed by atoms with Gasteiger partial charge >= 0.3 is 0 Å². The maximum atomic E-state index is 5.97. The molecule has 0 atom stereocenters.